The number of urea groups is 1. The first-order chi connectivity index (χ1) is 15.8. The predicted molar refractivity (Wildman–Crippen MR) is 126 cm³/mol. The maximum atomic E-state index is 12.3. The lowest BCUT2D eigenvalue weighted by molar-refractivity contribution is -0.387. The fourth-order valence-corrected chi connectivity index (χ4v) is 3.57. The Morgan fingerprint density at radius 1 is 0.848 bits per heavy atom. The number of nitrogens with one attached hydrogen (secondary N) is 3. The number of rotatable bonds is 8. The maximum absolute atomic E-state index is 12.3. The lowest BCUT2D eigenvalue weighted by Gasteiger charge is -2.10. The zero-order chi connectivity index (χ0) is 23.8. The van der Waals surface area contributed by atoms with Gasteiger partial charge in [-0.3, -0.25) is 19.7 Å². The normalized spacial score (nSPS) is 10.2. The third kappa shape index (κ3) is 6.80. The highest BCUT2D eigenvalue weighted by molar-refractivity contribution is 8.00. The molecule has 3 rings (SSSR count). The van der Waals surface area contributed by atoms with Gasteiger partial charge in [0, 0.05) is 28.7 Å². The van der Waals surface area contributed by atoms with Gasteiger partial charge in [0.25, 0.3) is 5.69 Å². The first-order valence-corrected chi connectivity index (χ1v) is 10.5. The number of amides is 4. The van der Waals surface area contributed by atoms with Crippen LogP contribution >= 0.6 is 11.8 Å². The van der Waals surface area contributed by atoms with E-state index in [-0.39, 0.29) is 21.9 Å². The molecule has 4 amide bonds. The van der Waals surface area contributed by atoms with Crippen molar-refractivity contribution >= 4 is 52.4 Å². The summed E-state index contributed by atoms with van der Waals surface area (Å²) in [6, 6.07) is 18.9. The largest absolute Gasteiger partial charge is 0.366 e. The number of para-hydroxylation sites is 1. The van der Waals surface area contributed by atoms with Crippen LogP contribution in [0.2, 0.25) is 0 Å². The van der Waals surface area contributed by atoms with Crippen molar-refractivity contribution in [3.05, 3.63) is 88.5 Å². The molecule has 10 nitrogen and oxygen atoms in total. The van der Waals surface area contributed by atoms with E-state index in [0.29, 0.717) is 17.1 Å². The van der Waals surface area contributed by atoms with Gasteiger partial charge in [0.1, 0.15) is 0 Å². The topological polar surface area (TPSA) is 156 Å². The first kappa shape index (κ1) is 23.3. The predicted octanol–water partition coefficient (Wildman–Crippen LogP) is 4.07. The minimum absolute atomic E-state index is 0.0103. The highest BCUT2D eigenvalue weighted by atomic mass is 32.2. The Kier molecular flexibility index (Phi) is 7.60. The summed E-state index contributed by atoms with van der Waals surface area (Å²) in [5.41, 5.74) is 6.40. The number of hydrogen-bond acceptors (Lipinski definition) is 6. The Balaban J connectivity index is 1.58. The molecule has 0 fully saturated rings. The molecule has 0 aliphatic carbocycles. The van der Waals surface area contributed by atoms with Gasteiger partial charge in [-0.1, -0.05) is 24.3 Å². The number of nitrogens with two attached hydrogens (primary N) is 1. The van der Waals surface area contributed by atoms with Crippen LogP contribution in [0.3, 0.4) is 0 Å². The highest BCUT2D eigenvalue weighted by Crippen LogP contribution is 2.30. The number of benzene rings is 3. The first-order valence-electron chi connectivity index (χ1n) is 9.56. The molecule has 0 unspecified atom stereocenters. The van der Waals surface area contributed by atoms with Gasteiger partial charge < -0.3 is 21.7 Å². The number of nitro groups is 1. The van der Waals surface area contributed by atoms with Crippen LogP contribution in [0.5, 0.6) is 0 Å². The fraction of sp³-hybridized carbons (Fsp3) is 0.0455. The monoisotopic (exact) mass is 465 g/mol. The Morgan fingerprint density at radius 3 is 2.15 bits per heavy atom. The van der Waals surface area contributed by atoms with Crippen LogP contribution in [0.15, 0.2) is 77.7 Å². The van der Waals surface area contributed by atoms with Gasteiger partial charge in [0.15, 0.2) is 0 Å². The molecule has 0 aromatic heterocycles. The van der Waals surface area contributed by atoms with Gasteiger partial charge in [0.05, 0.1) is 15.6 Å². The van der Waals surface area contributed by atoms with Crippen molar-refractivity contribution in [1.82, 2.24) is 0 Å². The van der Waals surface area contributed by atoms with Crippen molar-refractivity contribution < 1.29 is 19.3 Å². The second kappa shape index (κ2) is 10.8. The van der Waals surface area contributed by atoms with Gasteiger partial charge >= 0.3 is 6.03 Å². The summed E-state index contributed by atoms with van der Waals surface area (Å²) in [6.45, 7) is 0. The van der Waals surface area contributed by atoms with Gasteiger partial charge in [-0.25, -0.2) is 4.79 Å². The Morgan fingerprint density at radius 2 is 1.48 bits per heavy atom. The molecule has 0 saturated heterocycles. The molecule has 0 bridgehead atoms. The molecule has 3 aromatic carbocycles. The van der Waals surface area contributed by atoms with Gasteiger partial charge in [-0.05, 0) is 42.5 Å². The van der Waals surface area contributed by atoms with Crippen LogP contribution < -0.4 is 21.7 Å². The van der Waals surface area contributed by atoms with E-state index < -0.39 is 22.8 Å². The Hall–Kier alpha value is -4.38. The number of hydrogen-bond donors (Lipinski definition) is 4. The molecule has 0 atom stereocenters. The molecule has 0 saturated carbocycles. The molecule has 0 radical (unpaired) electrons. The number of thioether (sulfide) groups is 1. The molecule has 5 N–H and O–H groups in total. The minimum atomic E-state index is -0.779. The number of nitro benzene ring substituents is 1. The summed E-state index contributed by atoms with van der Waals surface area (Å²) >= 11 is 0.954. The lowest BCUT2D eigenvalue weighted by atomic mass is 10.2. The molecule has 168 valence electrons. The van der Waals surface area contributed by atoms with E-state index in [2.05, 4.69) is 16.0 Å². The zero-order valence-corrected chi connectivity index (χ0v) is 17.9. The van der Waals surface area contributed by atoms with Gasteiger partial charge in [0.2, 0.25) is 11.8 Å². The third-order valence-corrected chi connectivity index (χ3v) is 5.30. The van der Waals surface area contributed by atoms with Crippen molar-refractivity contribution in [2.24, 2.45) is 5.73 Å². The molecule has 0 aliphatic rings. The molecule has 0 spiro atoms. The van der Waals surface area contributed by atoms with Crippen LogP contribution in [0.1, 0.15) is 10.4 Å². The molecule has 3 aromatic rings. The fourth-order valence-electron chi connectivity index (χ4n) is 2.77. The molecule has 0 heterocycles. The Labute approximate surface area is 192 Å². The number of anilines is 3. The van der Waals surface area contributed by atoms with Crippen molar-refractivity contribution in [2.45, 2.75) is 4.90 Å². The number of carbonyl (C=O) groups is 3. The zero-order valence-electron chi connectivity index (χ0n) is 17.1. The van der Waals surface area contributed by atoms with E-state index in [1.54, 1.807) is 48.5 Å². The smallest absolute Gasteiger partial charge is 0.323 e. The average molecular weight is 465 g/mol. The van der Waals surface area contributed by atoms with E-state index in [1.807, 2.05) is 6.07 Å². The van der Waals surface area contributed by atoms with E-state index in [4.69, 9.17) is 5.73 Å². The molecule has 0 aliphatic heterocycles. The van der Waals surface area contributed by atoms with Crippen LogP contribution in [0.25, 0.3) is 0 Å². The third-order valence-electron chi connectivity index (χ3n) is 4.23. The molecule has 11 heteroatoms. The van der Waals surface area contributed by atoms with Crippen molar-refractivity contribution in [3.8, 4) is 0 Å². The van der Waals surface area contributed by atoms with E-state index in [0.717, 1.165) is 17.8 Å². The number of nitrogens with zero attached hydrogens (tertiary/aromatic N) is 1. The van der Waals surface area contributed by atoms with Crippen molar-refractivity contribution in [3.63, 3.8) is 0 Å². The second-order valence-corrected chi connectivity index (χ2v) is 7.68. The van der Waals surface area contributed by atoms with Crippen LogP contribution in [-0.4, -0.2) is 28.5 Å². The van der Waals surface area contributed by atoms with Crippen molar-refractivity contribution in [1.29, 1.82) is 0 Å². The second-order valence-electron chi connectivity index (χ2n) is 6.67. The summed E-state index contributed by atoms with van der Waals surface area (Å²) < 4.78 is 0. The molecular weight excluding hydrogens is 446 g/mol. The number of carbonyl (C=O) groups excluding carboxylic acids is 3. The van der Waals surface area contributed by atoms with E-state index in [9.17, 15) is 24.5 Å². The SMILES string of the molecule is NC(=O)c1ccc(SCC(=O)Nc2cccc(NC(=O)Nc3ccccc3)c2)c([N+](=O)[O-])c1. The standard InChI is InChI=1S/C22H19N5O5S/c23-21(29)14-9-10-19(18(11-14)27(31)32)33-13-20(28)24-16-7-4-8-17(12-16)26-22(30)25-15-5-2-1-3-6-15/h1-12H,13H2,(H2,23,29)(H,24,28)(H2,25,26,30). The summed E-state index contributed by atoms with van der Waals surface area (Å²) in [7, 11) is 0. The molecular formula is C22H19N5O5S. The average Bonchev–Trinajstić information content (AvgIpc) is 2.78. The highest BCUT2D eigenvalue weighted by Gasteiger charge is 2.18. The quantitative estimate of drug-likeness (QED) is 0.223. The van der Waals surface area contributed by atoms with Gasteiger partial charge in [-0.15, -0.1) is 11.8 Å². The van der Waals surface area contributed by atoms with E-state index >= 15 is 0 Å². The maximum Gasteiger partial charge on any atom is 0.323 e. The Bertz CT molecular complexity index is 1200. The van der Waals surface area contributed by atoms with Crippen LogP contribution in [0, 0.1) is 10.1 Å². The summed E-state index contributed by atoms with van der Waals surface area (Å²) in [6.07, 6.45) is 0. The van der Waals surface area contributed by atoms with Crippen LogP contribution in [-0.2, 0) is 4.79 Å². The summed E-state index contributed by atoms with van der Waals surface area (Å²) in [5.74, 6) is -1.29. The van der Waals surface area contributed by atoms with Gasteiger partial charge in [-0.2, -0.15) is 0 Å². The minimum Gasteiger partial charge on any atom is -0.366 e. The summed E-state index contributed by atoms with van der Waals surface area (Å²) in [4.78, 5) is 46.6. The van der Waals surface area contributed by atoms with Crippen molar-refractivity contribution in [2.75, 3.05) is 21.7 Å². The molecule has 33 heavy (non-hydrogen) atoms. The van der Waals surface area contributed by atoms with E-state index in [1.165, 1.54) is 12.1 Å². The number of primary amides is 1. The lowest BCUT2D eigenvalue weighted by Crippen LogP contribution is -2.19. The van der Waals surface area contributed by atoms with Crippen LogP contribution in [0.4, 0.5) is 27.5 Å². The summed E-state index contributed by atoms with van der Waals surface area (Å²) in [5, 5.41) is 19.3.